The molecule has 0 amide bonds. The summed E-state index contributed by atoms with van der Waals surface area (Å²) in [4.78, 5) is 23.5. The van der Waals surface area contributed by atoms with E-state index in [1.165, 1.54) is 38.5 Å². The van der Waals surface area contributed by atoms with E-state index < -0.39 is 11.9 Å². The van der Waals surface area contributed by atoms with E-state index in [0.717, 1.165) is 38.5 Å². The minimum absolute atomic E-state index is 0.277. The summed E-state index contributed by atoms with van der Waals surface area (Å²) in [7, 11) is 0. The molecule has 0 aromatic heterocycles. The molecule has 1 aromatic rings. The number of hydrogen-bond acceptors (Lipinski definition) is 2. The van der Waals surface area contributed by atoms with E-state index in [0.29, 0.717) is 24.0 Å². The van der Waals surface area contributed by atoms with Crippen LogP contribution in [0.4, 0.5) is 0 Å². The van der Waals surface area contributed by atoms with Crippen LogP contribution in [0.2, 0.25) is 0 Å². The highest BCUT2D eigenvalue weighted by molar-refractivity contribution is 5.94. The molecule has 0 aliphatic carbocycles. The van der Waals surface area contributed by atoms with Gasteiger partial charge in [-0.05, 0) is 48.9 Å². The molecule has 0 saturated heterocycles. The summed E-state index contributed by atoms with van der Waals surface area (Å²) in [5.41, 5.74) is 1.87. The van der Waals surface area contributed by atoms with Crippen LogP contribution in [0, 0.1) is 0 Å². The molecule has 0 spiro atoms. The van der Waals surface area contributed by atoms with Crippen LogP contribution in [-0.2, 0) is 12.8 Å². The van der Waals surface area contributed by atoms with E-state index >= 15 is 0 Å². The first kappa shape index (κ1) is 24.2. The number of rotatable bonds is 16. The van der Waals surface area contributed by atoms with Crippen LogP contribution in [0.25, 0.3) is 0 Å². The second-order valence-electron chi connectivity index (χ2n) is 7.81. The smallest absolute Gasteiger partial charge is 0.335 e. The van der Waals surface area contributed by atoms with Crippen molar-refractivity contribution in [1.82, 2.24) is 0 Å². The largest absolute Gasteiger partial charge is 0.478 e. The number of carboxylic acid groups (broad SMARTS) is 2. The van der Waals surface area contributed by atoms with Gasteiger partial charge in [0.2, 0.25) is 0 Å². The van der Waals surface area contributed by atoms with E-state index in [-0.39, 0.29) is 11.1 Å². The van der Waals surface area contributed by atoms with Crippen LogP contribution in [0.15, 0.2) is 12.1 Å². The predicted octanol–water partition coefficient (Wildman–Crippen LogP) is 6.89. The molecule has 4 nitrogen and oxygen atoms in total. The zero-order valence-corrected chi connectivity index (χ0v) is 17.8. The predicted molar refractivity (Wildman–Crippen MR) is 115 cm³/mol. The van der Waals surface area contributed by atoms with Crippen LogP contribution < -0.4 is 0 Å². The van der Waals surface area contributed by atoms with Gasteiger partial charge in [0, 0.05) is 0 Å². The Morgan fingerprint density at radius 2 is 0.929 bits per heavy atom. The van der Waals surface area contributed by atoms with E-state index in [1.54, 1.807) is 12.1 Å². The summed E-state index contributed by atoms with van der Waals surface area (Å²) in [5.74, 6) is -1.91. The average Bonchev–Trinajstić information content (AvgIpc) is 2.67. The fourth-order valence-corrected chi connectivity index (χ4v) is 3.69. The van der Waals surface area contributed by atoms with Gasteiger partial charge in [-0.2, -0.15) is 0 Å². The monoisotopic (exact) mass is 390 g/mol. The fraction of sp³-hybridized carbons (Fsp3) is 0.667. The molecule has 0 saturated carbocycles. The third kappa shape index (κ3) is 8.90. The third-order valence-electron chi connectivity index (χ3n) is 5.39. The van der Waals surface area contributed by atoms with Crippen LogP contribution in [-0.4, -0.2) is 22.2 Å². The number of benzene rings is 1. The highest BCUT2D eigenvalue weighted by Gasteiger charge is 2.18. The molecule has 2 N–H and O–H groups in total. The van der Waals surface area contributed by atoms with Crippen molar-refractivity contribution in [2.24, 2.45) is 0 Å². The second kappa shape index (κ2) is 14.2. The molecule has 0 aliphatic rings. The van der Waals surface area contributed by atoms with Gasteiger partial charge in [0.25, 0.3) is 0 Å². The molecule has 0 bridgehead atoms. The zero-order chi connectivity index (χ0) is 20.8. The lowest BCUT2D eigenvalue weighted by Crippen LogP contribution is -2.10. The quantitative estimate of drug-likeness (QED) is 0.301. The Morgan fingerprint density at radius 3 is 1.25 bits per heavy atom. The van der Waals surface area contributed by atoms with Crippen LogP contribution in [0.3, 0.4) is 0 Å². The molecule has 0 heterocycles. The maximum absolute atomic E-state index is 11.7. The number of carboxylic acids is 2. The van der Waals surface area contributed by atoms with E-state index in [4.69, 9.17) is 0 Å². The molecule has 1 aromatic carbocycles. The maximum atomic E-state index is 11.7. The summed E-state index contributed by atoms with van der Waals surface area (Å²) < 4.78 is 0. The van der Waals surface area contributed by atoms with Gasteiger partial charge in [-0.25, -0.2) is 9.59 Å². The first-order valence-electron chi connectivity index (χ1n) is 11.1. The molecule has 0 unspecified atom stereocenters. The van der Waals surface area contributed by atoms with Gasteiger partial charge < -0.3 is 10.2 Å². The number of unbranched alkanes of at least 4 members (excludes halogenated alkanes) is 10. The molecular formula is C24H38O4. The summed E-state index contributed by atoms with van der Waals surface area (Å²) in [6, 6.07) is 3.23. The number of aryl methyl sites for hydroxylation is 2. The molecule has 1 rings (SSSR count). The van der Waals surface area contributed by atoms with E-state index in [2.05, 4.69) is 13.8 Å². The van der Waals surface area contributed by atoms with Gasteiger partial charge >= 0.3 is 11.9 Å². The maximum Gasteiger partial charge on any atom is 0.335 e. The number of hydrogen-bond donors (Lipinski definition) is 2. The molecular weight excluding hydrogens is 352 g/mol. The van der Waals surface area contributed by atoms with Gasteiger partial charge in [-0.15, -0.1) is 0 Å². The fourth-order valence-electron chi connectivity index (χ4n) is 3.69. The van der Waals surface area contributed by atoms with Crippen LogP contribution in [0.5, 0.6) is 0 Å². The van der Waals surface area contributed by atoms with E-state index in [9.17, 15) is 19.8 Å². The summed E-state index contributed by atoms with van der Waals surface area (Å²) in [5, 5.41) is 19.2. The lowest BCUT2D eigenvalue weighted by molar-refractivity contribution is 0.0679. The summed E-state index contributed by atoms with van der Waals surface area (Å²) in [6.07, 6.45) is 14.8. The summed E-state index contributed by atoms with van der Waals surface area (Å²) in [6.45, 7) is 4.36. The number of aromatic carboxylic acids is 2. The van der Waals surface area contributed by atoms with Gasteiger partial charge in [0.15, 0.2) is 0 Å². The van der Waals surface area contributed by atoms with E-state index in [1.807, 2.05) is 0 Å². The normalized spacial score (nSPS) is 10.9. The lowest BCUT2D eigenvalue weighted by atomic mass is 9.92. The van der Waals surface area contributed by atoms with Crippen molar-refractivity contribution in [3.63, 3.8) is 0 Å². The topological polar surface area (TPSA) is 74.6 Å². The Kier molecular flexibility index (Phi) is 12.3. The standard InChI is InChI=1S/C24H38O4/c1-3-5-7-9-11-13-15-19-17-22(24(27)28)20(18-21(19)23(25)26)16-14-12-10-8-6-4-2/h17-18H,3-16H2,1-2H3,(H,25,26)(H,27,28). The summed E-state index contributed by atoms with van der Waals surface area (Å²) >= 11 is 0. The molecule has 0 radical (unpaired) electrons. The zero-order valence-electron chi connectivity index (χ0n) is 17.8. The van der Waals surface area contributed by atoms with Gasteiger partial charge in [-0.1, -0.05) is 78.1 Å². The Morgan fingerprint density at radius 1 is 0.607 bits per heavy atom. The minimum atomic E-state index is -0.956. The van der Waals surface area contributed by atoms with Crippen LogP contribution in [0.1, 0.15) is 123 Å². The molecule has 28 heavy (non-hydrogen) atoms. The molecule has 0 atom stereocenters. The molecule has 158 valence electrons. The van der Waals surface area contributed by atoms with Gasteiger partial charge in [0.05, 0.1) is 11.1 Å². The Labute approximate surface area is 170 Å². The highest BCUT2D eigenvalue weighted by atomic mass is 16.4. The molecule has 4 heteroatoms. The van der Waals surface area contributed by atoms with Crippen molar-refractivity contribution < 1.29 is 19.8 Å². The van der Waals surface area contributed by atoms with Crippen molar-refractivity contribution in [3.05, 3.63) is 34.4 Å². The van der Waals surface area contributed by atoms with Crippen molar-refractivity contribution in [2.45, 2.75) is 104 Å². The lowest BCUT2D eigenvalue weighted by Gasteiger charge is -2.13. The van der Waals surface area contributed by atoms with Gasteiger partial charge in [0.1, 0.15) is 0 Å². The van der Waals surface area contributed by atoms with Crippen molar-refractivity contribution in [2.75, 3.05) is 0 Å². The first-order valence-corrected chi connectivity index (χ1v) is 11.1. The van der Waals surface area contributed by atoms with Crippen molar-refractivity contribution in [3.8, 4) is 0 Å². The Bertz CT molecular complexity index is 553. The second-order valence-corrected chi connectivity index (χ2v) is 7.81. The third-order valence-corrected chi connectivity index (χ3v) is 5.39. The number of carbonyl (C=O) groups is 2. The average molecular weight is 391 g/mol. The minimum Gasteiger partial charge on any atom is -0.478 e. The molecule has 0 fully saturated rings. The van der Waals surface area contributed by atoms with Crippen molar-refractivity contribution in [1.29, 1.82) is 0 Å². The van der Waals surface area contributed by atoms with Gasteiger partial charge in [-0.3, -0.25) is 0 Å². The Hall–Kier alpha value is -1.84. The van der Waals surface area contributed by atoms with Crippen molar-refractivity contribution >= 4 is 11.9 Å². The molecule has 0 aliphatic heterocycles. The Balaban J connectivity index is 2.77. The highest BCUT2D eigenvalue weighted by Crippen LogP contribution is 2.22. The first-order chi connectivity index (χ1) is 13.5. The van der Waals surface area contributed by atoms with Crippen LogP contribution >= 0.6 is 0 Å². The SMILES string of the molecule is CCCCCCCCc1cc(C(=O)O)c(CCCCCCCC)cc1C(=O)O.